The molecular weight excluding hydrogens is 534 g/mol. The maximum absolute atomic E-state index is 13.3. The number of nitriles is 1. The van der Waals surface area contributed by atoms with Crippen LogP contribution in [0.2, 0.25) is 0 Å². The van der Waals surface area contributed by atoms with Crippen molar-refractivity contribution in [1.29, 1.82) is 5.26 Å². The summed E-state index contributed by atoms with van der Waals surface area (Å²) in [6, 6.07) is 20.0. The molecule has 1 unspecified atom stereocenters. The number of anilines is 1. The lowest BCUT2D eigenvalue weighted by Gasteiger charge is -2.35. The van der Waals surface area contributed by atoms with Crippen molar-refractivity contribution in [2.45, 2.75) is 26.3 Å². The van der Waals surface area contributed by atoms with Gasteiger partial charge in [0.1, 0.15) is 11.5 Å². The second-order valence-corrected chi connectivity index (χ2v) is 9.46. The van der Waals surface area contributed by atoms with Crippen molar-refractivity contribution < 1.29 is 19.1 Å². The Hall–Kier alpha value is -5.63. The largest absolute Gasteiger partial charge is 0.466 e. The van der Waals surface area contributed by atoms with E-state index in [0.29, 0.717) is 11.3 Å². The topological polar surface area (TPSA) is 141 Å². The van der Waals surface area contributed by atoms with Crippen LogP contribution in [0.1, 0.15) is 24.1 Å². The average Bonchev–Trinajstić information content (AvgIpc) is 3.66. The molecule has 0 saturated heterocycles. The lowest BCUT2D eigenvalue weighted by molar-refractivity contribution is -0.139. The van der Waals surface area contributed by atoms with Gasteiger partial charge < -0.3 is 15.2 Å². The van der Waals surface area contributed by atoms with Crippen molar-refractivity contribution in [3.8, 4) is 23.0 Å². The van der Waals surface area contributed by atoms with Gasteiger partial charge in [-0.3, -0.25) is 9.58 Å². The van der Waals surface area contributed by atoms with E-state index in [0.717, 1.165) is 29.2 Å². The number of hydrogen-bond acceptors (Lipinski definition) is 9. The van der Waals surface area contributed by atoms with Gasteiger partial charge in [0, 0.05) is 29.7 Å². The summed E-state index contributed by atoms with van der Waals surface area (Å²) < 4.78 is 13.8. The number of carbonyl (C=O) groups excluding carboxylic acids is 2. The number of rotatable bonds is 7. The Labute approximate surface area is 242 Å². The summed E-state index contributed by atoms with van der Waals surface area (Å²) in [7, 11) is 2.43. The van der Waals surface area contributed by atoms with E-state index in [9.17, 15) is 14.9 Å². The molecule has 0 aliphatic carbocycles. The minimum Gasteiger partial charge on any atom is -0.466 e. The molecule has 4 aromatic rings. The molecule has 2 aromatic carbocycles. The molecule has 0 bridgehead atoms. The van der Waals surface area contributed by atoms with Crippen LogP contribution in [0, 0.1) is 18.3 Å². The van der Waals surface area contributed by atoms with Crippen molar-refractivity contribution in [3.05, 3.63) is 107 Å². The van der Waals surface area contributed by atoms with Gasteiger partial charge >= 0.3 is 11.9 Å². The molecule has 1 atom stereocenters. The van der Waals surface area contributed by atoms with Crippen LogP contribution in [0.4, 0.5) is 5.69 Å². The Morgan fingerprint density at radius 1 is 1.00 bits per heavy atom. The molecule has 11 heteroatoms. The third-order valence-electron chi connectivity index (χ3n) is 7.25. The van der Waals surface area contributed by atoms with Crippen LogP contribution in [0.5, 0.6) is 0 Å². The molecule has 0 radical (unpaired) electrons. The first-order valence-electron chi connectivity index (χ1n) is 13.2. The average molecular weight is 564 g/mol. The minimum absolute atomic E-state index is 0.00283. The zero-order chi connectivity index (χ0) is 30.0. The van der Waals surface area contributed by atoms with Gasteiger partial charge in [-0.05, 0) is 49.7 Å². The highest BCUT2D eigenvalue weighted by atomic mass is 16.5. The van der Waals surface area contributed by atoms with Crippen molar-refractivity contribution in [1.82, 2.24) is 19.6 Å². The predicted molar refractivity (Wildman–Crippen MR) is 155 cm³/mol. The number of aryl methyl sites for hydroxylation is 1. The van der Waals surface area contributed by atoms with E-state index in [-0.39, 0.29) is 22.7 Å². The zero-order valence-corrected chi connectivity index (χ0v) is 23.6. The molecule has 1 aliphatic rings. The van der Waals surface area contributed by atoms with Crippen LogP contribution in [0.15, 0.2) is 95.7 Å². The predicted octanol–water partition coefficient (Wildman–Crippen LogP) is 3.96. The van der Waals surface area contributed by atoms with Gasteiger partial charge in [0.05, 0.1) is 54.9 Å². The van der Waals surface area contributed by atoms with E-state index >= 15 is 0 Å². The van der Waals surface area contributed by atoms with Crippen molar-refractivity contribution in [2.75, 3.05) is 19.1 Å². The van der Waals surface area contributed by atoms with Gasteiger partial charge in [0.15, 0.2) is 0 Å². The van der Waals surface area contributed by atoms with E-state index in [1.807, 2.05) is 36.9 Å². The van der Waals surface area contributed by atoms with Crippen LogP contribution in [0.25, 0.3) is 16.9 Å². The number of ether oxygens (including phenoxy) is 2. The third kappa shape index (κ3) is 4.69. The maximum atomic E-state index is 13.3. The Kier molecular flexibility index (Phi) is 7.62. The Bertz CT molecular complexity index is 1760. The first kappa shape index (κ1) is 27.9. The second-order valence-electron chi connectivity index (χ2n) is 9.46. The van der Waals surface area contributed by atoms with Gasteiger partial charge in [-0.2, -0.15) is 15.5 Å². The normalized spacial score (nSPS) is 15.0. The second kappa shape index (κ2) is 11.5. The quantitative estimate of drug-likeness (QED) is 0.331. The summed E-state index contributed by atoms with van der Waals surface area (Å²) in [5, 5.41) is 19.3. The van der Waals surface area contributed by atoms with E-state index in [4.69, 9.17) is 20.3 Å². The van der Waals surface area contributed by atoms with Crippen LogP contribution in [-0.4, -0.2) is 45.7 Å². The minimum atomic E-state index is -0.934. The number of nitrogens with two attached hydrogens (primary N) is 1. The Morgan fingerprint density at radius 3 is 2.26 bits per heavy atom. The number of nitrogens with zero attached hydrogens (tertiary/aromatic N) is 6. The van der Waals surface area contributed by atoms with E-state index in [1.165, 1.54) is 19.1 Å². The standard InChI is InChI=1S/C31H29N7O4/c1-5-36-19(2)24(18-34-36)25-15-16-37(35-25)21-11-13-22(14-12-21)38-28(31(40)42-4)27(30(39)41-3)26(23(17-32)29(38)33)20-9-7-6-8-10-20/h6-16,18,26H,5,33H2,1-4H3. The fourth-order valence-corrected chi connectivity index (χ4v) is 5.16. The Balaban J connectivity index is 1.60. The first-order valence-corrected chi connectivity index (χ1v) is 13.2. The number of allylic oxidation sites excluding steroid dienone is 1. The van der Waals surface area contributed by atoms with Gasteiger partial charge in [-0.25, -0.2) is 14.3 Å². The van der Waals surface area contributed by atoms with E-state index < -0.39 is 17.9 Å². The van der Waals surface area contributed by atoms with E-state index in [2.05, 4.69) is 11.2 Å². The van der Waals surface area contributed by atoms with Gasteiger partial charge in [-0.15, -0.1) is 0 Å². The lowest BCUT2D eigenvalue weighted by Crippen LogP contribution is -2.40. The lowest BCUT2D eigenvalue weighted by atomic mass is 9.81. The maximum Gasteiger partial charge on any atom is 0.355 e. The number of methoxy groups -OCH3 is 2. The van der Waals surface area contributed by atoms with Gasteiger partial charge in [0.2, 0.25) is 0 Å². The number of carbonyl (C=O) groups is 2. The molecule has 212 valence electrons. The summed E-state index contributed by atoms with van der Waals surface area (Å²) >= 11 is 0. The fourth-order valence-electron chi connectivity index (χ4n) is 5.16. The highest BCUT2D eigenvalue weighted by Gasteiger charge is 2.43. The smallest absolute Gasteiger partial charge is 0.355 e. The van der Waals surface area contributed by atoms with Crippen molar-refractivity contribution in [3.63, 3.8) is 0 Å². The van der Waals surface area contributed by atoms with Crippen LogP contribution in [0.3, 0.4) is 0 Å². The number of aromatic nitrogens is 4. The molecule has 11 nitrogen and oxygen atoms in total. The van der Waals surface area contributed by atoms with Crippen LogP contribution in [-0.2, 0) is 25.6 Å². The number of hydrogen-bond donors (Lipinski definition) is 1. The van der Waals surface area contributed by atoms with Gasteiger partial charge in [-0.1, -0.05) is 30.3 Å². The van der Waals surface area contributed by atoms with E-state index in [1.54, 1.807) is 59.4 Å². The molecule has 5 rings (SSSR count). The molecule has 42 heavy (non-hydrogen) atoms. The molecule has 0 fully saturated rings. The summed E-state index contributed by atoms with van der Waals surface area (Å²) in [5.41, 5.74) is 11.0. The SMILES string of the molecule is CCn1ncc(-c2ccn(-c3ccc(N4C(N)=C(C#N)C(c5ccccc5)C(C(=O)OC)=C4C(=O)OC)cc3)n2)c1C. The molecule has 1 aliphatic heterocycles. The number of benzene rings is 2. The molecule has 0 amide bonds. The molecule has 3 heterocycles. The highest BCUT2D eigenvalue weighted by molar-refractivity contribution is 6.06. The molecule has 2 aromatic heterocycles. The van der Waals surface area contributed by atoms with Gasteiger partial charge in [0.25, 0.3) is 0 Å². The third-order valence-corrected chi connectivity index (χ3v) is 7.25. The highest BCUT2D eigenvalue weighted by Crippen LogP contribution is 2.43. The fraction of sp³-hybridized carbons (Fsp3) is 0.194. The summed E-state index contributed by atoms with van der Waals surface area (Å²) in [6.07, 6.45) is 3.64. The molecular formula is C31H29N7O4. The zero-order valence-electron chi connectivity index (χ0n) is 23.6. The first-order chi connectivity index (χ1) is 20.3. The monoisotopic (exact) mass is 563 g/mol. The summed E-state index contributed by atoms with van der Waals surface area (Å²) in [5.74, 6) is -2.52. The summed E-state index contributed by atoms with van der Waals surface area (Å²) in [4.78, 5) is 27.8. The van der Waals surface area contributed by atoms with Crippen LogP contribution < -0.4 is 10.6 Å². The molecule has 0 saturated carbocycles. The number of esters is 2. The molecule has 2 N–H and O–H groups in total. The van der Waals surface area contributed by atoms with Crippen molar-refractivity contribution >= 4 is 17.6 Å². The summed E-state index contributed by atoms with van der Waals surface area (Å²) in [6.45, 7) is 4.80. The molecule has 0 spiro atoms. The Morgan fingerprint density at radius 2 is 1.67 bits per heavy atom. The van der Waals surface area contributed by atoms with Crippen LogP contribution >= 0.6 is 0 Å². The van der Waals surface area contributed by atoms with Crippen molar-refractivity contribution in [2.24, 2.45) is 5.73 Å².